The van der Waals surface area contributed by atoms with E-state index >= 15 is 0 Å². The highest BCUT2D eigenvalue weighted by Gasteiger charge is 2.29. The lowest BCUT2D eigenvalue weighted by atomic mass is 10.0. The van der Waals surface area contributed by atoms with Crippen LogP contribution in [-0.4, -0.2) is 31.2 Å². The molecule has 0 saturated carbocycles. The van der Waals surface area contributed by atoms with Gasteiger partial charge in [-0.1, -0.05) is 23.7 Å². The summed E-state index contributed by atoms with van der Waals surface area (Å²) in [5, 5.41) is 0.576. The lowest BCUT2D eigenvalue weighted by Gasteiger charge is -2.20. The van der Waals surface area contributed by atoms with E-state index in [4.69, 9.17) is 17.3 Å². The maximum absolute atomic E-state index is 12.1. The largest absolute Gasteiger partial charge is 0.401 e. The van der Waals surface area contributed by atoms with Gasteiger partial charge in [0.1, 0.15) is 0 Å². The molecule has 18 heavy (non-hydrogen) atoms. The summed E-state index contributed by atoms with van der Waals surface area (Å²) in [7, 11) is 1.43. The van der Waals surface area contributed by atoms with Crippen molar-refractivity contribution in [3.8, 4) is 0 Å². The Morgan fingerprint density at radius 1 is 1.39 bits per heavy atom. The van der Waals surface area contributed by atoms with Crippen LogP contribution in [0.2, 0.25) is 5.02 Å². The maximum Gasteiger partial charge on any atom is 0.401 e. The molecular formula is C12H16ClF3N2. The molecule has 0 amide bonds. The van der Waals surface area contributed by atoms with Crippen molar-refractivity contribution < 1.29 is 13.2 Å². The first kappa shape index (κ1) is 15.3. The highest BCUT2D eigenvalue weighted by atomic mass is 35.5. The normalized spacial score (nSPS) is 13.9. The summed E-state index contributed by atoms with van der Waals surface area (Å²) >= 11 is 5.82. The zero-order valence-corrected chi connectivity index (χ0v) is 10.8. The molecule has 0 aliphatic carbocycles. The molecule has 0 heterocycles. The maximum atomic E-state index is 12.1. The summed E-state index contributed by atoms with van der Waals surface area (Å²) in [5.74, 6) is 0. The lowest BCUT2D eigenvalue weighted by Crippen LogP contribution is -2.33. The van der Waals surface area contributed by atoms with Gasteiger partial charge in [0.2, 0.25) is 0 Å². The predicted molar refractivity (Wildman–Crippen MR) is 66.5 cm³/mol. The summed E-state index contributed by atoms with van der Waals surface area (Å²) in [6.07, 6.45) is -3.72. The van der Waals surface area contributed by atoms with Crippen molar-refractivity contribution in [2.45, 2.75) is 18.6 Å². The average Bonchev–Trinajstić information content (AvgIpc) is 2.23. The van der Waals surface area contributed by atoms with E-state index in [0.29, 0.717) is 11.4 Å². The van der Waals surface area contributed by atoms with Gasteiger partial charge in [-0.25, -0.2) is 0 Å². The first-order valence-corrected chi connectivity index (χ1v) is 5.92. The van der Waals surface area contributed by atoms with Crippen LogP contribution in [0.15, 0.2) is 24.3 Å². The van der Waals surface area contributed by atoms with Crippen molar-refractivity contribution in [3.05, 3.63) is 34.9 Å². The topological polar surface area (TPSA) is 29.3 Å². The Morgan fingerprint density at radius 2 is 2.06 bits per heavy atom. The summed E-state index contributed by atoms with van der Waals surface area (Å²) in [6, 6.07) is 6.75. The van der Waals surface area contributed by atoms with Crippen LogP contribution in [0.25, 0.3) is 0 Å². The van der Waals surface area contributed by atoms with Gasteiger partial charge in [0.15, 0.2) is 0 Å². The van der Waals surface area contributed by atoms with Crippen LogP contribution < -0.4 is 5.73 Å². The van der Waals surface area contributed by atoms with E-state index < -0.39 is 12.7 Å². The Labute approximate surface area is 110 Å². The van der Waals surface area contributed by atoms with E-state index in [1.807, 2.05) is 6.07 Å². The molecule has 1 atom stereocenters. The third kappa shape index (κ3) is 5.71. The Kier molecular flexibility index (Phi) is 5.44. The Bertz CT molecular complexity index is 382. The molecule has 0 radical (unpaired) electrons. The van der Waals surface area contributed by atoms with Crippen LogP contribution in [0.4, 0.5) is 13.2 Å². The second-order valence-corrected chi connectivity index (χ2v) is 4.74. The number of hydrogen-bond donors (Lipinski definition) is 1. The van der Waals surface area contributed by atoms with Gasteiger partial charge in [-0.3, -0.25) is 4.90 Å². The number of nitrogens with two attached hydrogens (primary N) is 1. The third-order valence-electron chi connectivity index (χ3n) is 2.55. The van der Waals surface area contributed by atoms with Crippen molar-refractivity contribution in [3.63, 3.8) is 0 Å². The smallest absolute Gasteiger partial charge is 0.324 e. The van der Waals surface area contributed by atoms with Gasteiger partial charge in [-0.2, -0.15) is 13.2 Å². The molecule has 2 nitrogen and oxygen atoms in total. The van der Waals surface area contributed by atoms with E-state index in [-0.39, 0.29) is 12.6 Å². The summed E-state index contributed by atoms with van der Waals surface area (Å²) in [6.45, 7) is -0.636. The van der Waals surface area contributed by atoms with E-state index in [1.165, 1.54) is 11.9 Å². The van der Waals surface area contributed by atoms with Crippen LogP contribution in [0.3, 0.4) is 0 Å². The molecular weight excluding hydrogens is 265 g/mol. The fourth-order valence-electron chi connectivity index (χ4n) is 1.65. The molecule has 0 spiro atoms. The van der Waals surface area contributed by atoms with Crippen molar-refractivity contribution in [1.29, 1.82) is 0 Å². The van der Waals surface area contributed by atoms with Crippen LogP contribution in [0.1, 0.15) is 18.0 Å². The van der Waals surface area contributed by atoms with Crippen molar-refractivity contribution in [1.82, 2.24) is 4.90 Å². The number of nitrogens with zero attached hydrogens (tertiary/aromatic N) is 1. The molecule has 0 aliphatic heterocycles. The minimum absolute atomic E-state index is 0.285. The van der Waals surface area contributed by atoms with Gasteiger partial charge in [0.25, 0.3) is 0 Å². The van der Waals surface area contributed by atoms with Gasteiger partial charge in [0, 0.05) is 11.1 Å². The standard InChI is InChI=1S/C12H16ClF3N2/c1-18(8-12(14,15)16)6-5-11(17)9-3-2-4-10(13)7-9/h2-4,7,11H,5-6,8,17H2,1H3. The molecule has 0 aromatic heterocycles. The van der Waals surface area contributed by atoms with Gasteiger partial charge in [-0.05, 0) is 37.7 Å². The quantitative estimate of drug-likeness (QED) is 0.897. The van der Waals surface area contributed by atoms with Gasteiger partial charge < -0.3 is 5.73 Å². The molecule has 1 unspecified atom stereocenters. The Balaban J connectivity index is 2.44. The van der Waals surface area contributed by atoms with Gasteiger partial charge in [0.05, 0.1) is 6.54 Å². The second-order valence-electron chi connectivity index (χ2n) is 4.30. The molecule has 6 heteroatoms. The zero-order chi connectivity index (χ0) is 13.8. The van der Waals surface area contributed by atoms with Crippen molar-refractivity contribution in [2.75, 3.05) is 20.1 Å². The molecule has 102 valence electrons. The number of rotatable bonds is 5. The van der Waals surface area contributed by atoms with Gasteiger partial charge >= 0.3 is 6.18 Å². The van der Waals surface area contributed by atoms with E-state index in [9.17, 15) is 13.2 Å². The number of hydrogen-bond acceptors (Lipinski definition) is 2. The third-order valence-corrected chi connectivity index (χ3v) is 2.78. The first-order valence-electron chi connectivity index (χ1n) is 5.54. The minimum Gasteiger partial charge on any atom is -0.324 e. The lowest BCUT2D eigenvalue weighted by molar-refractivity contribution is -0.143. The zero-order valence-electron chi connectivity index (χ0n) is 10.0. The Morgan fingerprint density at radius 3 is 2.61 bits per heavy atom. The molecule has 2 N–H and O–H groups in total. The molecule has 1 aromatic carbocycles. The molecule has 1 rings (SSSR count). The highest BCUT2D eigenvalue weighted by molar-refractivity contribution is 6.30. The molecule has 0 bridgehead atoms. The minimum atomic E-state index is -4.17. The predicted octanol–water partition coefficient (Wildman–Crippen LogP) is 3.22. The van der Waals surface area contributed by atoms with E-state index in [2.05, 4.69) is 0 Å². The second kappa shape index (κ2) is 6.41. The summed E-state index contributed by atoms with van der Waals surface area (Å²) in [5.41, 5.74) is 6.75. The van der Waals surface area contributed by atoms with Crippen LogP contribution in [0, 0.1) is 0 Å². The van der Waals surface area contributed by atoms with E-state index in [1.54, 1.807) is 18.2 Å². The summed E-state index contributed by atoms with van der Waals surface area (Å²) < 4.78 is 36.3. The van der Waals surface area contributed by atoms with Crippen LogP contribution >= 0.6 is 11.6 Å². The molecule has 1 aromatic rings. The fourth-order valence-corrected chi connectivity index (χ4v) is 1.85. The fraction of sp³-hybridized carbons (Fsp3) is 0.500. The molecule has 0 aliphatic rings. The SMILES string of the molecule is CN(CCC(N)c1cccc(Cl)c1)CC(F)(F)F. The Hall–Kier alpha value is -0.780. The number of benzene rings is 1. The molecule has 0 fully saturated rings. The molecule has 0 saturated heterocycles. The first-order chi connectivity index (χ1) is 8.28. The highest BCUT2D eigenvalue weighted by Crippen LogP contribution is 2.20. The average molecular weight is 281 g/mol. The van der Waals surface area contributed by atoms with Crippen LogP contribution in [-0.2, 0) is 0 Å². The number of halogens is 4. The van der Waals surface area contributed by atoms with E-state index in [0.717, 1.165) is 5.56 Å². The van der Waals surface area contributed by atoms with Gasteiger partial charge in [-0.15, -0.1) is 0 Å². The monoisotopic (exact) mass is 280 g/mol. The van der Waals surface area contributed by atoms with Crippen LogP contribution in [0.5, 0.6) is 0 Å². The summed E-state index contributed by atoms with van der Waals surface area (Å²) in [4.78, 5) is 1.21. The van der Waals surface area contributed by atoms with Crippen molar-refractivity contribution in [2.24, 2.45) is 5.73 Å². The van der Waals surface area contributed by atoms with Crippen molar-refractivity contribution >= 4 is 11.6 Å². The number of alkyl halides is 3.